The van der Waals surface area contributed by atoms with Crippen LogP contribution in [0.15, 0.2) is 158 Å². The number of hydrogen-bond acceptors (Lipinski definition) is 8. The second-order valence-corrected chi connectivity index (χ2v) is 15.4. The van der Waals surface area contributed by atoms with Gasteiger partial charge in [-0.1, -0.05) is 146 Å². The molecule has 1 heterocycles. The molecule has 6 rings (SSSR count). The van der Waals surface area contributed by atoms with Crippen LogP contribution >= 0.6 is 11.8 Å². The van der Waals surface area contributed by atoms with Gasteiger partial charge in [-0.3, -0.25) is 0 Å². The summed E-state index contributed by atoms with van der Waals surface area (Å²) in [5.41, 5.74) is 6.84. The zero-order valence-electron chi connectivity index (χ0n) is 32.1. The summed E-state index contributed by atoms with van der Waals surface area (Å²) >= 11 is 1.73. The van der Waals surface area contributed by atoms with E-state index in [1.807, 2.05) is 87.5 Å². The largest absolute Gasteiger partial charge is 0.466 e. The van der Waals surface area contributed by atoms with Gasteiger partial charge in [-0.15, -0.1) is 11.8 Å². The summed E-state index contributed by atoms with van der Waals surface area (Å²) in [6.45, 7) is 5.48. The van der Waals surface area contributed by atoms with Crippen LogP contribution in [0.5, 0.6) is 5.88 Å². The van der Waals surface area contributed by atoms with Crippen molar-refractivity contribution in [1.29, 1.82) is 0 Å². The Bertz CT molecular complexity index is 2080. The van der Waals surface area contributed by atoms with Crippen LogP contribution in [0.2, 0.25) is 0 Å². The third kappa shape index (κ3) is 9.97. The number of hydrogen-bond donors (Lipinski definition) is 2. The molecule has 0 saturated carbocycles. The van der Waals surface area contributed by atoms with Gasteiger partial charge in [0.1, 0.15) is 5.60 Å². The highest BCUT2D eigenvalue weighted by molar-refractivity contribution is 8.00. The van der Waals surface area contributed by atoms with E-state index in [4.69, 9.17) is 19.2 Å². The number of carbonyl (C=O) groups is 2. The minimum atomic E-state index is -0.693. The Morgan fingerprint density at radius 2 is 1.20 bits per heavy atom. The third-order valence-electron chi connectivity index (χ3n) is 9.00. The first kappa shape index (κ1) is 39.6. The molecule has 1 aromatic heterocycles. The van der Waals surface area contributed by atoms with E-state index in [1.54, 1.807) is 11.8 Å². The van der Waals surface area contributed by atoms with Crippen LogP contribution in [0.1, 0.15) is 37.5 Å². The maximum atomic E-state index is 13.4. The molecule has 0 bridgehead atoms. The Labute approximate surface area is 333 Å². The first-order chi connectivity index (χ1) is 27.2. The predicted molar refractivity (Wildman–Crippen MR) is 226 cm³/mol. The average Bonchev–Trinajstić information content (AvgIpc) is 3.23. The van der Waals surface area contributed by atoms with Gasteiger partial charge in [-0.2, -0.15) is 0 Å². The van der Waals surface area contributed by atoms with Crippen molar-refractivity contribution in [2.75, 3.05) is 31.3 Å². The van der Waals surface area contributed by atoms with Crippen LogP contribution in [0.25, 0.3) is 22.4 Å². The number of esters is 1. The normalized spacial score (nSPS) is 11.9. The Morgan fingerprint density at radius 1 is 0.679 bits per heavy atom. The molecule has 0 aliphatic heterocycles. The number of aromatic nitrogens is 1. The van der Waals surface area contributed by atoms with Gasteiger partial charge in [0.2, 0.25) is 5.88 Å². The summed E-state index contributed by atoms with van der Waals surface area (Å²) in [4.78, 5) is 30.6. The first-order valence-electron chi connectivity index (χ1n) is 18.6. The molecule has 0 radical (unpaired) electrons. The quantitative estimate of drug-likeness (QED) is 0.0788. The highest BCUT2D eigenvalue weighted by atomic mass is 32.2. The Kier molecular flexibility index (Phi) is 13.1. The smallest absolute Gasteiger partial charge is 0.407 e. The van der Waals surface area contributed by atoms with Crippen molar-refractivity contribution in [3.05, 3.63) is 174 Å². The van der Waals surface area contributed by atoms with Gasteiger partial charge in [0.15, 0.2) is 6.61 Å². The monoisotopic (exact) mass is 765 g/mol. The summed E-state index contributed by atoms with van der Waals surface area (Å²) in [5, 5.41) is 6.61. The highest BCUT2D eigenvalue weighted by Gasteiger charge is 2.38. The van der Waals surface area contributed by atoms with Gasteiger partial charge in [0.25, 0.3) is 0 Å². The minimum Gasteiger partial charge on any atom is -0.466 e. The first-order valence-corrected chi connectivity index (χ1v) is 19.5. The van der Waals surface area contributed by atoms with Crippen LogP contribution in [0, 0.1) is 0 Å². The minimum absolute atomic E-state index is 0.228. The van der Waals surface area contributed by atoms with Crippen molar-refractivity contribution < 1.29 is 23.8 Å². The van der Waals surface area contributed by atoms with Crippen LogP contribution in [-0.2, 0) is 19.0 Å². The molecule has 1 unspecified atom stereocenters. The summed E-state index contributed by atoms with van der Waals surface area (Å²) < 4.78 is 16.0. The van der Waals surface area contributed by atoms with Crippen molar-refractivity contribution in [3.63, 3.8) is 0 Å². The number of nitrogens with zero attached hydrogens (tertiary/aromatic N) is 1. The molecule has 0 aliphatic carbocycles. The standard InChI is InChI=1S/C47H47N3O5S/c1-46(2,3)55-45(52)49-38(33-56-47(35-21-11-6-12-22-35,36-23-13-7-14-24-36)37-25-15-8-16-26-37)31-48-42-30-29-41(50-44(42)54-32-43(51)53-4)40-28-18-17-27-39(40)34-19-9-5-10-20-34/h5-30,38,48H,31-33H2,1-4H3,(H,49,52). The number of nitrogens with one attached hydrogen (secondary N) is 2. The molecular formula is C47H47N3O5S. The number of ether oxygens (including phenoxy) is 3. The van der Waals surface area contributed by atoms with Gasteiger partial charge in [-0.25, -0.2) is 14.6 Å². The fraction of sp³-hybridized carbons (Fsp3) is 0.213. The Morgan fingerprint density at radius 3 is 1.73 bits per heavy atom. The number of benzene rings is 5. The molecule has 1 atom stereocenters. The lowest BCUT2D eigenvalue weighted by Crippen LogP contribution is -2.45. The predicted octanol–water partition coefficient (Wildman–Crippen LogP) is 10.00. The number of methoxy groups -OCH3 is 1. The summed E-state index contributed by atoms with van der Waals surface area (Å²) in [5.74, 6) is 0.179. The van der Waals surface area contributed by atoms with Gasteiger partial charge >= 0.3 is 12.1 Å². The molecule has 5 aromatic carbocycles. The number of alkyl carbamates (subject to hydrolysis) is 1. The number of pyridine rings is 1. The molecule has 0 aliphatic rings. The molecule has 1 amide bonds. The van der Waals surface area contributed by atoms with Crippen molar-refractivity contribution in [1.82, 2.24) is 10.3 Å². The Hall–Kier alpha value is -6.06. The molecule has 0 fully saturated rings. The van der Waals surface area contributed by atoms with E-state index in [2.05, 4.69) is 102 Å². The van der Waals surface area contributed by atoms with Gasteiger partial charge in [-0.05, 0) is 60.7 Å². The van der Waals surface area contributed by atoms with E-state index in [1.165, 1.54) is 7.11 Å². The summed E-state index contributed by atoms with van der Waals surface area (Å²) in [7, 11) is 1.32. The van der Waals surface area contributed by atoms with E-state index in [-0.39, 0.29) is 19.0 Å². The molecule has 6 aromatic rings. The second kappa shape index (κ2) is 18.5. The van der Waals surface area contributed by atoms with E-state index in [0.29, 0.717) is 17.1 Å². The maximum Gasteiger partial charge on any atom is 0.407 e. The molecule has 8 nitrogen and oxygen atoms in total. The van der Waals surface area contributed by atoms with E-state index in [9.17, 15) is 9.59 Å². The summed E-state index contributed by atoms with van der Waals surface area (Å²) in [6.07, 6.45) is -0.525. The number of carbonyl (C=O) groups excluding carboxylic acids is 2. The SMILES string of the molecule is COC(=O)COc1nc(-c2ccccc2-c2ccccc2)ccc1NCC(CSC(c1ccccc1)(c1ccccc1)c1ccccc1)NC(=O)OC(C)(C)C. The second-order valence-electron chi connectivity index (χ2n) is 14.1. The van der Waals surface area contributed by atoms with Crippen LogP contribution in [0.4, 0.5) is 10.5 Å². The van der Waals surface area contributed by atoms with E-state index in [0.717, 1.165) is 33.4 Å². The lowest BCUT2D eigenvalue weighted by Gasteiger charge is -2.37. The van der Waals surface area contributed by atoms with Gasteiger partial charge < -0.3 is 24.8 Å². The number of thioether (sulfide) groups is 1. The van der Waals surface area contributed by atoms with Crippen molar-refractivity contribution >= 4 is 29.5 Å². The zero-order valence-corrected chi connectivity index (χ0v) is 32.9. The van der Waals surface area contributed by atoms with Gasteiger partial charge in [0.05, 0.1) is 29.3 Å². The number of anilines is 1. The van der Waals surface area contributed by atoms with Crippen LogP contribution < -0.4 is 15.4 Å². The van der Waals surface area contributed by atoms with Crippen LogP contribution in [0.3, 0.4) is 0 Å². The Balaban J connectivity index is 1.35. The molecular weight excluding hydrogens is 719 g/mol. The summed E-state index contributed by atoms with van der Waals surface area (Å²) in [6, 6.07) is 52.8. The van der Waals surface area contributed by atoms with Gasteiger partial charge in [0, 0.05) is 17.9 Å². The molecule has 0 saturated heterocycles. The lowest BCUT2D eigenvalue weighted by molar-refractivity contribution is -0.143. The molecule has 0 spiro atoms. The highest BCUT2D eigenvalue weighted by Crippen LogP contribution is 2.48. The number of amides is 1. The number of rotatable bonds is 15. The zero-order chi connectivity index (χ0) is 39.4. The molecule has 9 heteroatoms. The fourth-order valence-corrected chi connectivity index (χ4v) is 8.01. The third-order valence-corrected chi connectivity index (χ3v) is 10.7. The van der Waals surface area contributed by atoms with Crippen molar-refractivity contribution in [2.45, 2.75) is 37.2 Å². The average molecular weight is 766 g/mol. The van der Waals surface area contributed by atoms with Crippen molar-refractivity contribution in [2.24, 2.45) is 0 Å². The van der Waals surface area contributed by atoms with Crippen molar-refractivity contribution in [3.8, 4) is 28.3 Å². The molecule has 56 heavy (non-hydrogen) atoms. The van der Waals surface area contributed by atoms with E-state index < -0.39 is 28.5 Å². The molecule has 286 valence electrons. The topological polar surface area (TPSA) is 98.8 Å². The lowest BCUT2D eigenvalue weighted by atomic mass is 9.84. The maximum absolute atomic E-state index is 13.4. The molecule has 2 N–H and O–H groups in total. The fourth-order valence-electron chi connectivity index (χ4n) is 6.45. The van der Waals surface area contributed by atoms with E-state index >= 15 is 0 Å². The van der Waals surface area contributed by atoms with Crippen LogP contribution in [-0.4, -0.2) is 54.7 Å².